The minimum atomic E-state index is 0.0239. The Morgan fingerprint density at radius 3 is 2.48 bits per heavy atom. The van der Waals surface area contributed by atoms with Crippen molar-refractivity contribution < 1.29 is 9.59 Å². The van der Waals surface area contributed by atoms with Crippen molar-refractivity contribution in [3.05, 3.63) is 70.7 Å². The van der Waals surface area contributed by atoms with Crippen LogP contribution >= 0.6 is 11.6 Å². The zero-order valence-corrected chi connectivity index (χ0v) is 14.9. The van der Waals surface area contributed by atoms with Crippen LogP contribution < -0.4 is 0 Å². The lowest BCUT2D eigenvalue weighted by Crippen LogP contribution is -2.37. The highest BCUT2D eigenvalue weighted by Crippen LogP contribution is 2.25. The Labute approximate surface area is 153 Å². The van der Waals surface area contributed by atoms with Gasteiger partial charge in [-0.05, 0) is 30.9 Å². The van der Waals surface area contributed by atoms with Gasteiger partial charge in [-0.25, -0.2) is 0 Å². The number of nitrogens with zero attached hydrogens (tertiary/aromatic N) is 1. The Morgan fingerprint density at radius 1 is 1.00 bits per heavy atom. The molecular formula is C21H22ClNO2. The number of hydrogen-bond donors (Lipinski definition) is 0. The third kappa shape index (κ3) is 4.49. The van der Waals surface area contributed by atoms with Gasteiger partial charge in [-0.15, -0.1) is 0 Å². The number of Topliss-reactive ketones (excluding diaryl/α,β-unsaturated/α-hetero) is 1. The summed E-state index contributed by atoms with van der Waals surface area (Å²) in [6.07, 6.45) is 3.31. The van der Waals surface area contributed by atoms with Gasteiger partial charge in [0.2, 0.25) is 5.91 Å². The zero-order chi connectivity index (χ0) is 17.6. The van der Waals surface area contributed by atoms with Gasteiger partial charge in [-0.3, -0.25) is 9.59 Å². The molecule has 3 nitrogen and oxygen atoms in total. The van der Waals surface area contributed by atoms with E-state index in [1.807, 2.05) is 47.4 Å². The Hall–Kier alpha value is -2.13. The highest BCUT2D eigenvalue weighted by Gasteiger charge is 2.29. The molecule has 1 aliphatic rings. The van der Waals surface area contributed by atoms with Crippen molar-refractivity contribution in [1.29, 1.82) is 0 Å². The van der Waals surface area contributed by atoms with E-state index in [0.29, 0.717) is 5.56 Å². The summed E-state index contributed by atoms with van der Waals surface area (Å²) in [4.78, 5) is 26.7. The highest BCUT2D eigenvalue weighted by atomic mass is 35.5. The van der Waals surface area contributed by atoms with Gasteiger partial charge in [0.15, 0.2) is 5.78 Å². The van der Waals surface area contributed by atoms with Gasteiger partial charge in [-0.1, -0.05) is 60.1 Å². The molecule has 0 aromatic heterocycles. The van der Waals surface area contributed by atoms with Gasteiger partial charge >= 0.3 is 0 Å². The normalized spacial score (nSPS) is 16.8. The molecule has 25 heavy (non-hydrogen) atoms. The zero-order valence-electron chi connectivity index (χ0n) is 14.2. The van der Waals surface area contributed by atoms with Gasteiger partial charge in [0.25, 0.3) is 0 Å². The lowest BCUT2D eigenvalue weighted by Gasteiger charge is -2.25. The van der Waals surface area contributed by atoms with E-state index >= 15 is 0 Å². The van der Waals surface area contributed by atoms with Gasteiger partial charge in [0.05, 0.1) is 0 Å². The number of halogens is 1. The highest BCUT2D eigenvalue weighted by molar-refractivity contribution is 6.31. The standard InChI is InChI=1S/C21H22ClNO2/c22-19-11-5-4-9-17(19)15-18-10-6-14-23(18)21(25)13-12-20(24)16-7-2-1-3-8-16/h1-5,7-9,11,18H,6,10,12-15H2. The third-order valence-electron chi connectivity index (χ3n) is 4.77. The van der Waals surface area contributed by atoms with Crippen molar-refractivity contribution >= 4 is 23.3 Å². The van der Waals surface area contributed by atoms with E-state index in [1.165, 1.54) is 0 Å². The second-order valence-electron chi connectivity index (χ2n) is 6.47. The molecule has 1 saturated heterocycles. The van der Waals surface area contributed by atoms with Crippen LogP contribution in [0.3, 0.4) is 0 Å². The van der Waals surface area contributed by atoms with Crippen LogP contribution in [0.25, 0.3) is 0 Å². The van der Waals surface area contributed by atoms with Crippen LogP contribution in [-0.2, 0) is 11.2 Å². The second kappa shape index (κ2) is 8.30. The van der Waals surface area contributed by atoms with Crippen molar-refractivity contribution in [2.45, 2.75) is 38.1 Å². The van der Waals surface area contributed by atoms with Crippen LogP contribution in [0.2, 0.25) is 5.02 Å². The number of carbonyl (C=O) groups excluding carboxylic acids is 2. The maximum atomic E-state index is 12.6. The topological polar surface area (TPSA) is 37.4 Å². The molecule has 0 N–H and O–H groups in total. The van der Waals surface area contributed by atoms with E-state index in [0.717, 1.165) is 36.4 Å². The Morgan fingerprint density at radius 2 is 1.72 bits per heavy atom. The van der Waals surface area contributed by atoms with Gasteiger partial charge in [0.1, 0.15) is 0 Å². The van der Waals surface area contributed by atoms with Crippen LogP contribution in [0.1, 0.15) is 41.6 Å². The average molecular weight is 356 g/mol. The minimum absolute atomic E-state index is 0.0239. The summed E-state index contributed by atoms with van der Waals surface area (Å²) in [5.41, 5.74) is 1.75. The van der Waals surface area contributed by atoms with E-state index in [1.54, 1.807) is 12.1 Å². The maximum absolute atomic E-state index is 12.6. The largest absolute Gasteiger partial charge is 0.339 e. The maximum Gasteiger partial charge on any atom is 0.223 e. The molecule has 1 atom stereocenters. The van der Waals surface area contributed by atoms with E-state index in [4.69, 9.17) is 11.6 Å². The van der Waals surface area contributed by atoms with E-state index in [2.05, 4.69) is 0 Å². The number of benzene rings is 2. The van der Waals surface area contributed by atoms with E-state index < -0.39 is 0 Å². The molecule has 1 heterocycles. The monoisotopic (exact) mass is 355 g/mol. The molecule has 1 amide bonds. The summed E-state index contributed by atoms with van der Waals surface area (Å²) in [6.45, 7) is 0.771. The molecule has 0 aliphatic carbocycles. The molecule has 1 aliphatic heterocycles. The molecule has 1 unspecified atom stereocenters. The lowest BCUT2D eigenvalue weighted by molar-refractivity contribution is -0.131. The molecule has 0 radical (unpaired) electrons. The molecular weight excluding hydrogens is 334 g/mol. The predicted octanol–water partition coefficient (Wildman–Crippen LogP) is 4.54. The summed E-state index contributed by atoms with van der Waals surface area (Å²) in [6, 6.07) is 17.1. The first-order chi connectivity index (χ1) is 12.1. The summed E-state index contributed by atoms with van der Waals surface area (Å²) in [5.74, 6) is 0.0923. The first-order valence-corrected chi connectivity index (χ1v) is 9.14. The molecule has 0 saturated carbocycles. The molecule has 3 rings (SSSR count). The Bertz CT molecular complexity index is 745. The molecule has 1 fully saturated rings. The van der Waals surface area contributed by atoms with Crippen LogP contribution in [0.4, 0.5) is 0 Å². The lowest BCUT2D eigenvalue weighted by atomic mass is 10.0. The third-order valence-corrected chi connectivity index (χ3v) is 5.14. The van der Waals surface area contributed by atoms with Gasteiger partial charge in [0, 0.05) is 36.0 Å². The fourth-order valence-corrected chi connectivity index (χ4v) is 3.64. The van der Waals surface area contributed by atoms with Crippen molar-refractivity contribution in [1.82, 2.24) is 4.90 Å². The fraction of sp³-hybridized carbons (Fsp3) is 0.333. The summed E-state index contributed by atoms with van der Waals surface area (Å²) in [7, 11) is 0. The first-order valence-electron chi connectivity index (χ1n) is 8.76. The molecule has 0 spiro atoms. The second-order valence-corrected chi connectivity index (χ2v) is 6.88. The van der Waals surface area contributed by atoms with Gasteiger partial charge in [-0.2, -0.15) is 0 Å². The first kappa shape index (κ1) is 17.7. The fourth-order valence-electron chi connectivity index (χ4n) is 3.43. The molecule has 4 heteroatoms. The number of hydrogen-bond acceptors (Lipinski definition) is 2. The molecule has 0 bridgehead atoms. The average Bonchev–Trinajstić information content (AvgIpc) is 3.10. The SMILES string of the molecule is O=C(CCC(=O)N1CCCC1Cc1ccccc1Cl)c1ccccc1. The number of likely N-dealkylation sites (tertiary alicyclic amines) is 1. The summed E-state index contributed by atoms with van der Waals surface area (Å²) < 4.78 is 0. The van der Waals surface area contributed by atoms with Crippen molar-refractivity contribution in [2.75, 3.05) is 6.54 Å². The number of carbonyl (C=O) groups is 2. The Kier molecular flexibility index (Phi) is 5.87. The van der Waals surface area contributed by atoms with Gasteiger partial charge < -0.3 is 4.90 Å². The minimum Gasteiger partial charge on any atom is -0.339 e. The van der Waals surface area contributed by atoms with Crippen molar-refractivity contribution in [3.63, 3.8) is 0 Å². The number of rotatable bonds is 6. The quantitative estimate of drug-likeness (QED) is 0.713. The van der Waals surface area contributed by atoms with Crippen LogP contribution in [0.15, 0.2) is 54.6 Å². The van der Waals surface area contributed by atoms with E-state index in [-0.39, 0.29) is 30.6 Å². The summed E-state index contributed by atoms with van der Waals surface area (Å²) in [5, 5.41) is 0.751. The number of ketones is 1. The Balaban J connectivity index is 1.57. The van der Waals surface area contributed by atoms with Crippen LogP contribution in [0, 0.1) is 0 Å². The number of amides is 1. The van der Waals surface area contributed by atoms with Crippen LogP contribution in [0.5, 0.6) is 0 Å². The molecule has 2 aromatic carbocycles. The van der Waals surface area contributed by atoms with E-state index in [9.17, 15) is 9.59 Å². The van der Waals surface area contributed by atoms with Crippen LogP contribution in [-0.4, -0.2) is 29.2 Å². The molecule has 130 valence electrons. The van der Waals surface area contributed by atoms with Crippen molar-refractivity contribution in [3.8, 4) is 0 Å². The smallest absolute Gasteiger partial charge is 0.223 e. The predicted molar refractivity (Wildman–Crippen MR) is 99.9 cm³/mol. The summed E-state index contributed by atoms with van der Waals surface area (Å²) >= 11 is 6.25. The van der Waals surface area contributed by atoms with Crippen molar-refractivity contribution in [2.24, 2.45) is 0 Å². The molecule has 2 aromatic rings.